The number of hydrogen-bond donors (Lipinski definition) is 2. The Bertz CT molecular complexity index is 2750. The summed E-state index contributed by atoms with van der Waals surface area (Å²) in [6.07, 6.45) is 2.07. The Balaban J connectivity index is 0.000000277. The molecule has 0 amide bonds. The number of hydrogen-bond acceptors (Lipinski definition) is 10. The van der Waals surface area contributed by atoms with E-state index in [1.807, 2.05) is 0 Å². The summed E-state index contributed by atoms with van der Waals surface area (Å²) in [4.78, 5) is 0. The molecular weight excluding hydrogens is 1220 g/mol. The molecule has 72 heavy (non-hydrogen) atoms. The van der Waals surface area contributed by atoms with Crippen molar-refractivity contribution in [2.24, 2.45) is 0 Å². The third kappa shape index (κ3) is 24.9. The van der Waals surface area contributed by atoms with Crippen molar-refractivity contribution in [3.05, 3.63) is 254 Å². The first-order valence-electron chi connectivity index (χ1n) is 20.4. The van der Waals surface area contributed by atoms with Crippen LogP contribution in [-0.2, 0) is 91.5 Å². The van der Waals surface area contributed by atoms with Gasteiger partial charge < -0.3 is 0 Å². The summed E-state index contributed by atoms with van der Waals surface area (Å²) in [5.41, 5.74) is 2.77. The van der Waals surface area contributed by atoms with E-state index < -0.39 is 63.0 Å². The molecule has 0 bridgehead atoms. The van der Waals surface area contributed by atoms with Crippen LogP contribution in [-0.4, -0.2) is 8.38 Å². The number of halogens is 4. The molecule has 0 saturated carbocycles. The van der Waals surface area contributed by atoms with Gasteiger partial charge in [0.2, 0.25) is 0 Å². The largest absolute Gasteiger partial charge is 0.116 e. The SMILES string of the molecule is [O]=[Mn](=[O])([O-])[Cl].[O]=[Mn](=[O])([O-])[Cl].[O]=[Mn](=[O])([OH])[Cl].[O]=[Mn](=[O])([OH])[Cl].c1ccc(C[P+](c2ccccc2)(c2ccccc2)c2ccccc2)cc1.c1ccc(C[P+](c2ccccc2)(c2ccccc2)c2ccccc2)cc1. The van der Waals surface area contributed by atoms with Crippen molar-refractivity contribution in [1.29, 1.82) is 0 Å². The molecule has 0 aliphatic rings. The topological polar surface area (TPSA) is 223 Å². The molecule has 0 fully saturated rings. The minimum atomic E-state index is -4.90. The van der Waals surface area contributed by atoms with Crippen LogP contribution in [0.4, 0.5) is 0 Å². The fourth-order valence-corrected chi connectivity index (χ4v) is 15.7. The molecule has 0 heterocycles. The van der Waals surface area contributed by atoms with Crippen LogP contribution in [0.25, 0.3) is 0 Å². The zero-order chi connectivity index (χ0) is 53.3. The first kappa shape index (κ1) is 62.4. The molecule has 8 aromatic rings. The van der Waals surface area contributed by atoms with Gasteiger partial charge in [0, 0.05) is 0 Å². The van der Waals surface area contributed by atoms with Gasteiger partial charge in [-0.25, -0.2) is 0 Å². The molecule has 0 radical (unpaired) electrons. The summed E-state index contributed by atoms with van der Waals surface area (Å²) in [6.45, 7) is 0. The van der Waals surface area contributed by atoms with Gasteiger partial charge in [0.1, 0.15) is 46.4 Å². The van der Waals surface area contributed by atoms with Crippen LogP contribution >= 0.6 is 54.9 Å². The van der Waals surface area contributed by atoms with Crippen LogP contribution in [0.1, 0.15) is 11.1 Å². The Morgan fingerprint density at radius 2 is 0.403 bits per heavy atom. The molecule has 12 nitrogen and oxygen atoms in total. The molecule has 0 aliphatic heterocycles. The van der Waals surface area contributed by atoms with Crippen molar-refractivity contribution in [3.63, 3.8) is 0 Å². The Morgan fingerprint density at radius 3 is 0.528 bits per heavy atom. The van der Waals surface area contributed by atoms with E-state index in [0.717, 1.165) is 12.3 Å². The summed E-state index contributed by atoms with van der Waals surface area (Å²) in [6, 6.07) is 88.1. The molecule has 0 spiro atoms. The van der Waals surface area contributed by atoms with Crippen LogP contribution in [0.2, 0.25) is 0 Å². The minimum absolute atomic E-state index is 1.03. The summed E-state index contributed by atoms with van der Waals surface area (Å²) in [5, 5.41) is 8.59. The Morgan fingerprint density at radius 1 is 0.292 bits per heavy atom. The van der Waals surface area contributed by atoms with Gasteiger partial charge in [-0.15, -0.1) is 0 Å². The second-order valence-electron chi connectivity index (χ2n) is 14.4. The monoisotopic (exact) mass is 1260 g/mol. The first-order chi connectivity index (χ1) is 33.8. The fraction of sp³-hybridized carbons (Fsp3) is 0.0400. The predicted octanol–water partition coefficient (Wildman–Crippen LogP) is 8.67. The summed E-state index contributed by atoms with van der Waals surface area (Å²) in [7, 11) is 12.7. The minimum Gasteiger partial charge on any atom is -0.0622 e. The zero-order valence-corrected chi connectivity index (χ0v) is 46.9. The van der Waals surface area contributed by atoms with Crippen molar-refractivity contribution in [3.8, 4) is 0 Å². The van der Waals surface area contributed by atoms with Crippen LogP contribution in [0.3, 0.4) is 0 Å². The maximum atomic E-state index is 9.01. The van der Waals surface area contributed by atoms with Crippen LogP contribution < -0.4 is 40.2 Å². The van der Waals surface area contributed by atoms with E-state index in [-0.39, 0.29) is 0 Å². The van der Waals surface area contributed by atoms with Gasteiger partial charge in [0.05, 0.1) is 12.3 Å². The third-order valence-electron chi connectivity index (χ3n) is 9.71. The number of rotatable bonds is 10. The third-order valence-corrected chi connectivity index (χ3v) is 18.5. The normalized spacial score (nSPS) is 11.3. The standard InChI is InChI=1S/2C25H22P.4ClH.4Mn.2H2O.10O/c2*1-5-13-22(14-6-1)21-26(23-15-7-2-8-16-23,24-17-9-3-10-18-24)25-19-11-4-12-20-25;;;;;;;;;;;;;;;;;;;;/h2*1-20H,21H2;4*1H;;;;;2*1H2;;;;;;;;;;/q2*+1;;;;;2*+1;2*+2;;;;;;;;;;;2*-1/p-6. The van der Waals surface area contributed by atoms with E-state index in [1.54, 1.807) is 0 Å². The van der Waals surface area contributed by atoms with Crippen LogP contribution in [0.5, 0.6) is 0 Å². The smallest absolute Gasteiger partial charge is 0.0622 e. The van der Waals surface area contributed by atoms with E-state index in [4.69, 9.17) is 47.4 Å². The van der Waals surface area contributed by atoms with E-state index >= 15 is 0 Å². The Labute approximate surface area is 444 Å². The molecule has 384 valence electrons. The van der Waals surface area contributed by atoms with Crippen LogP contribution in [0.15, 0.2) is 243 Å². The second-order valence-corrected chi connectivity index (χ2v) is 31.9. The fourth-order valence-electron chi connectivity index (χ4n) is 7.25. The van der Waals surface area contributed by atoms with Crippen molar-refractivity contribution in [2.45, 2.75) is 12.3 Å². The quantitative estimate of drug-likeness (QED) is 0.0970. The Hall–Kier alpha value is -3.90. The van der Waals surface area contributed by atoms with Gasteiger partial charge in [-0.1, -0.05) is 170 Å². The second kappa shape index (κ2) is 30.5. The molecule has 8 rings (SSSR count). The Kier molecular flexibility index (Phi) is 26.4. The van der Waals surface area contributed by atoms with Crippen molar-refractivity contribution < 1.29 is 95.9 Å². The average Bonchev–Trinajstić information content (AvgIpc) is 3.33. The van der Waals surface area contributed by atoms with Gasteiger partial charge in [0.25, 0.3) is 0 Å². The zero-order valence-electron chi connectivity index (χ0n) is 37.4. The molecule has 0 atom stereocenters. The van der Waals surface area contributed by atoms with Crippen LogP contribution in [0, 0.1) is 0 Å². The molecule has 8 aromatic carbocycles. The van der Waals surface area contributed by atoms with E-state index in [1.165, 1.54) is 43.0 Å². The molecular formula is C50H46Cl4Mn4O12P2. The maximum Gasteiger partial charge on any atom is 0.116 e. The van der Waals surface area contributed by atoms with Gasteiger partial charge in [-0.2, -0.15) is 0 Å². The molecule has 22 heteroatoms. The molecule has 0 unspecified atom stereocenters. The molecule has 0 aromatic heterocycles. The maximum absolute atomic E-state index is 9.01. The number of benzene rings is 8. The van der Waals surface area contributed by atoms with Gasteiger partial charge >= 0.3 is 136 Å². The summed E-state index contributed by atoms with van der Waals surface area (Å²) < 4.78 is 104. The average molecular weight is 1260 g/mol. The molecule has 0 aliphatic carbocycles. The first-order valence-corrected chi connectivity index (χ1v) is 36.7. The predicted molar refractivity (Wildman–Crippen MR) is 264 cm³/mol. The van der Waals surface area contributed by atoms with Gasteiger partial charge in [-0.05, 0) is 83.9 Å². The van der Waals surface area contributed by atoms with Crippen molar-refractivity contribution in [1.82, 2.24) is 0 Å². The van der Waals surface area contributed by atoms with Crippen molar-refractivity contribution in [2.75, 3.05) is 0 Å². The molecule has 0 saturated heterocycles. The summed E-state index contributed by atoms with van der Waals surface area (Å²) >= 11 is -19.1. The van der Waals surface area contributed by atoms with E-state index in [0.29, 0.717) is 0 Å². The molecule has 2 N–H and O–H groups in total. The van der Waals surface area contributed by atoms with E-state index in [9.17, 15) is 0 Å². The van der Waals surface area contributed by atoms with Gasteiger partial charge in [0.15, 0.2) is 0 Å². The van der Waals surface area contributed by atoms with E-state index in [2.05, 4.69) is 283 Å². The summed E-state index contributed by atoms with van der Waals surface area (Å²) in [5.74, 6) is 0. The van der Waals surface area contributed by atoms with Gasteiger partial charge in [-0.3, -0.25) is 0 Å². The van der Waals surface area contributed by atoms with Crippen molar-refractivity contribution >= 4 is 86.7 Å².